The predicted molar refractivity (Wildman–Crippen MR) is 134 cm³/mol. The number of nitrogens with zero attached hydrogens (tertiary/aromatic N) is 3. The van der Waals surface area contributed by atoms with Crippen LogP contribution in [-0.4, -0.2) is 27.1 Å². The Morgan fingerprint density at radius 3 is 2.60 bits per heavy atom. The number of benzene rings is 2. The number of rotatable bonds is 5. The molecule has 1 aliphatic rings. The molecule has 1 aliphatic heterocycles. The molecule has 0 spiro atoms. The first-order valence-electron chi connectivity index (χ1n) is 11.6. The van der Waals surface area contributed by atoms with Gasteiger partial charge in [0.25, 0.3) is 5.91 Å². The summed E-state index contributed by atoms with van der Waals surface area (Å²) in [6, 6.07) is 19.2. The van der Waals surface area contributed by atoms with Crippen LogP contribution in [0.1, 0.15) is 39.7 Å². The molecule has 0 fully saturated rings. The lowest BCUT2D eigenvalue weighted by atomic mass is 9.92. The molecule has 7 nitrogen and oxygen atoms in total. The van der Waals surface area contributed by atoms with E-state index in [-0.39, 0.29) is 18.4 Å². The van der Waals surface area contributed by atoms with Crippen molar-refractivity contribution in [3.63, 3.8) is 0 Å². The molecule has 0 radical (unpaired) electrons. The monoisotopic (exact) mass is 468 g/mol. The summed E-state index contributed by atoms with van der Waals surface area (Å²) in [6.07, 6.45) is 1.57. The van der Waals surface area contributed by atoms with Crippen LogP contribution in [0.25, 0.3) is 11.5 Å². The van der Waals surface area contributed by atoms with Crippen molar-refractivity contribution in [3.05, 3.63) is 94.9 Å². The third-order valence-electron chi connectivity index (χ3n) is 6.56. The highest BCUT2D eigenvalue weighted by Gasteiger charge is 2.49. The Bertz CT molecular complexity index is 1420. The highest BCUT2D eigenvalue weighted by molar-refractivity contribution is 6.12. The molecule has 4 aromatic rings. The van der Waals surface area contributed by atoms with Crippen LogP contribution >= 0.6 is 0 Å². The Kier molecular flexibility index (Phi) is 5.55. The van der Waals surface area contributed by atoms with Crippen LogP contribution in [0.5, 0.6) is 0 Å². The van der Waals surface area contributed by atoms with E-state index in [4.69, 9.17) is 4.42 Å². The first-order valence-corrected chi connectivity index (χ1v) is 11.6. The quantitative estimate of drug-likeness (QED) is 0.456. The zero-order chi connectivity index (χ0) is 24.7. The van der Waals surface area contributed by atoms with Crippen molar-refractivity contribution in [1.29, 1.82) is 0 Å². The fourth-order valence-electron chi connectivity index (χ4n) is 4.66. The van der Waals surface area contributed by atoms with Gasteiger partial charge in [-0.15, -0.1) is 0 Å². The van der Waals surface area contributed by atoms with Gasteiger partial charge in [0.15, 0.2) is 5.76 Å². The molecule has 178 valence electrons. The number of anilines is 1. The van der Waals surface area contributed by atoms with Gasteiger partial charge in [0.2, 0.25) is 5.91 Å². The summed E-state index contributed by atoms with van der Waals surface area (Å²) in [5.41, 5.74) is 4.55. The molecule has 5 rings (SSSR count). The van der Waals surface area contributed by atoms with Crippen LogP contribution in [0.3, 0.4) is 0 Å². The van der Waals surface area contributed by atoms with Crippen molar-refractivity contribution in [2.24, 2.45) is 0 Å². The molecule has 1 atom stereocenters. The third-order valence-corrected chi connectivity index (χ3v) is 6.56. The predicted octanol–water partition coefficient (Wildman–Crippen LogP) is 4.80. The van der Waals surface area contributed by atoms with Crippen LogP contribution in [0.4, 0.5) is 5.69 Å². The zero-order valence-corrected chi connectivity index (χ0v) is 20.3. The van der Waals surface area contributed by atoms with Gasteiger partial charge in [0.05, 0.1) is 12.8 Å². The molecule has 3 heterocycles. The van der Waals surface area contributed by atoms with E-state index in [1.807, 2.05) is 63.2 Å². The number of fused-ring (bicyclic) bond motifs is 1. The Morgan fingerprint density at radius 1 is 1.06 bits per heavy atom. The number of hydrogen-bond donors (Lipinski definition) is 1. The maximum absolute atomic E-state index is 14.0. The fraction of sp³-hybridized carbons (Fsp3) is 0.250. The van der Waals surface area contributed by atoms with Gasteiger partial charge in [-0.25, -0.2) is 0 Å². The molecular weight excluding hydrogens is 440 g/mol. The van der Waals surface area contributed by atoms with Crippen LogP contribution in [0, 0.1) is 20.8 Å². The minimum absolute atomic E-state index is 0.210. The summed E-state index contributed by atoms with van der Waals surface area (Å²) in [6.45, 7) is 8.33. The number of furan rings is 1. The van der Waals surface area contributed by atoms with Crippen molar-refractivity contribution in [2.75, 3.05) is 4.90 Å². The molecule has 0 unspecified atom stereocenters. The standard InChI is InChI=1S/C28H28N4O3/c1-18-7-5-8-21(13-18)16-29-27(34)28(4)17-31-24(15-22(30-31)25-9-6-12-35-25)26(33)32(28)23-14-19(2)10-11-20(23)3/h5-15H,16-17H2,1-4H3,(H,29,34)/t28-/m1/s1. The number of nitrogens with one attached hydrogen (secondary N) is 1. The molecule has 0 saturated carbocycles. The molecule has 0 saturated heterocycles. The lowest BCUT2D eigenvalue weighted by Crippen LogP contribution is -2.64. The first kappa shape index (κ1) is 22.7. The van der Waals surface area contributed by atoms with Crippen molar-refractivity contribution >= 4 is 17.5 Å². The Hall–Kier alpha value is -4.13. The number of carbonyl (C=O) groups is 2. The first-order chi connectivity index (χ1) is 16.8. The van der Waals surface area contributed by atoms with Gasteiger partial charge < -0.3 is 9.73 Å². The lowest BCUT2D eigenvalue weighted by Gasteiger charge is -2.43. The summed E-state index contributed by atoms with van der Waals surface area (Å²) in [5, 5.41) is 7.68. The van der Waals surface area contributed by atoms with E-state index < -0.39 is 5.54 Å². The van der Waals surface area contributed by atoms with Crippen molar-refractivity contribution in [2.45, 2.75) is 46.3 Å². The van der Waals surface area contributed by atoms with E-state index in [1.54, 1.807) is 41.0 Å². The van der Waals surface area contributed by atoms with Gasteiger partial charge in [-0.05, 0) is 62.6 Å². The van der Waals surface area contributed by atoms with E-state index >= 15 is 0 Å². The molecule has 2 aromatic heterocycles. The van der Waals surface area contributed by atoms with Crippen molar-refractivity contribution in [3.8, 4) is 11.5 Å². The number of aromatic nitrogens is 2. The number of aryl methyl sites for hydroxylation is 3. The highest BCUT2D eigenvalue weighted by atomic mass is 16.3. The largest absolute Gasteiger partial charge is 0.463 e. The maximum atomic E-state index is 14.0. The lowest BCUT2D eigenvalue weighted by molar-refractivity contribution is -0.126. The van der Waals surface area contributed by atoms with E-state index in [9.17, 15) is 9.59 Å². The highest BCUT2D eigenvalue weighted by Crippen LogP contribution is 2.36. The van der Waals surface area contributed by atoms with Gasteiger partial charge in [-0.2, -0.15) is 5.10 Å². The summed E-state index contributed by atoms with van der Waals surface area (Å²) in [5.74, 6) is 0.0565. The van der Waals surface area contributed by atoms with Gasteiger partial charge in [0.1, 0.15) is 16.9 Å². The average Bonchev–Trinajstić information content (AvgIpc) is 3.50. The molecule has 7 heteroatoms. The van der Waals surface area contributed by atoms with Gasteiger partial charge in [0, 0.05) is 18.3 Å². The summed E-state index contributed by atoms with van der Waals surface area (Å²) in [7, 11) is 0. The van der Waals surface area contributed by atoms with Crippen LogP contribution in [-0.2, 0) is 17.9 Å². The summed E-state index contributed by atoms with van der Waals surface area (Å²) < 4.78 is 7.11. The summed E-state index contributed by atoms with van der Waals surface area (Å²) >= 11 is 0. The van der Waals surface area contributed by atoms with E-state index in [0.29, 0.717) is 23.7 Å². The topological polar surface area (TPSA) is 80.4 Å². The second-order valence-electron chi connectivity index (χ2n) is 9.43. The minimum Gasteiger partial charge on any atom is -0.463 e. The third kappa shape index (κ3) is 4.03. The number of hydrogen-bond acceptors (Lipinski definition) is 4. The van der Waals surface area contributed by atoms with Crippen LogP contribution in [0.15, 0.2) is 71.3 Å². The van der Waals surface area contributed by atoms with Crippen LogP contribution in [0.2, 0.25) is 0 Å². The average molecular weight is 469 g/mol. The maximum Gasteiger partial charge on any atom is 0.277 e. The van der Waals surface area contributed by atoms with Crippen molar-refractivity contribution < 1.29 is 14.0 Å². The summed E-state index contributed by atoms with van der Waals surface area (Å²) in [4.78, 5) is 29.4. The van der Waals surface area contributed by atoms with E-state index in [2.05, 4.69) is 10.4 Å². The Balaban J connectivity index is 1.57. The molecule has 1 N–H and O–H groups in total. The molecule has 35 heavy (non-hydrogen) atoms. The normalized spacial score (nSPS) is 17.4. The molecular formula is C28H28N4O3. The molecule has 0 bridgehead atoms. The Morgan fingerprint density at radius 2 is 1.86 bits per heavy atom. The number of carbonyl (C=O) groups excluding carboxylic acids is 2. The molecule has 0 aliphatic carbocycles. The molecule has 2 amide bonds. The van der Waals surface area contributed by atoms with E-state index in [1.165, 1.54) is 0 Å². The van der Waals surface area contributed by atoms with Gasteiger partial charge >= 0.3 is 0 Å². The second-order valence-corrected chi connectivity index (χ2v) is 9.43. The molecule has 2 aromatic carbocycles. The zero-order valence-electron chi connectivity index (χ0n) is 20.3. The van der Waals surface area contributed by atoms with Gasteiger partial charge in [-0.1, -0.05) is 42.0 Å². The van der Waals surface area contributed by atoms with Gasteiger partial charge in [-0.3, -0.25) is 19.2 Å². The number of amides is 2. The SMILES string of the molecule is Cc1cccc(CNC(=O)[C@@]2(C)Cn3nc(-c4ccco4)cc3C(=O)N2c2cc(C)ccc2C)c1. The van der Waals surface area contributed by atoms with Crippen LogP contribution < -0.4 is 10.2 Å². The van der Waals surface area contributed by atoms with Crippen molar-refractivity contribution in [1.82, 2.24) is 15.1 Å². The fourth-order valence-corrected chi connectivity index (χ4v) is 4.66. The smallest absolute Gasteiger partial charge is 0.277 e. The second kappa shape index (κ2) is 8.58. The minimum atomic E-state index is -1.20. The Labute approximate surface area is 204 Å². The van der Waals surface area contributed by atoms with E-state index in [0.717, 1.165) is 27.9 Å².